The van der Waals surface area contributed by atoms with Crippen LogP contribution in [0.5, 0.6) is 0 Å². The molecule has 0 spiro atoms. The second kappa shape index (κ2) is 6.24. The van der Waals surface area contributed by atoms with Crippen LogP contribution in [0.1, 0.15) is 5.69 Å². The van der Waals surface area contributed by atoms with Crippen LogP contribution in [0.25, 0.3) is 33.2 Å². The first-order valence-electron chi connectivity index (χ1n) is 7.92. The largest absolute Gasteiger partial charge is 0.382 e. The summed E-state index contributed by atoms with van der Waals surface area (Å²) in [6, 6.07) is 11.5. The molecule has 7 heteroatoms. The van der Waals surface area contributed by atoms with Gasteiger partial charge < -0.3 is 5.73 Å². The van der Waals surface area contributed by atoms with Gasteiger partial charge in [0.1, 0.15) is 16.7 Å². The Kier molecular flexibility index (Phi) is 3.89. The quantitative estimate of drug-likeness (QED) is 0.330. The summed E-state index contributed by atoms with van der Waals surface area (Å²) in [6.07, 6.45) is 5.45. The molecule has 128 valence electrons. The minimum atomic E-state index is -0.0855. The molecule has 4 aromatic rings. The second-order valence-corrected chi connectivity index (χ2v) is 6.31. The van der Waals surface area contributed by atoms with Crippen LogP contribution in [0.4, 0.5) is 0 Å². The molecule has 4 rings (SSSR count). The number of fused-ring (bicyclic) bond motifs is 1. The Balaban J connectivity index is 1.86. The van der Waals surface area contributed by atoms with Crippen LogP contribution in [0, 0.1) is 5.41 Å². The molecule has 0 bridgehead atoms. The van der Waals surface area contributed by atoms with Crippen molar-refractivity contribution < 1.29 is 0 Å². The number of aryl methyl sites for hydroxylation is 1. The SMILES string of the molecule is Cn1cc(-c2ccc(-c3c(Cl)ncc4ccc(C(=N)N)nc34)cc2)cn1. The van der Waals surface area contributed by atoms with Crippen LogP contribution >= 0.6 is 11.6 Å². The summed E-state index contributed by atoms with van der Waals surface area (Å²) in [6.45, 7) is 0. The highest BCUT2D eigenvalue weighted by molar-refractivity contribution is 6.33. The third-order valence-corrected chi connectivity index (χ3v) is 4.46. The van der Waals surface area contributed by atoms with Crippen LogP contribution < -0.4 is 5.73 Å². The summed E-state index contributed by atoms with van der Waals surface area (Å²) >= 11 is 6.38. The lowest BCUT2D eigenvalue weighted by atomic mass is 10.0. The highest BCUT2D eigenvalue weighted by atomic mass is 35.5. The van der Waals surface area contributed by atoms with E-state index < -0.39 is 0 Å². The van der Waals surface area contributed by atoms with Crippen LogP contribution in [0.15, 0.2) is 55.0 Å². The van der Waals surface area contributed by atoms with Crippen molar-refractivity contribution in [2.24, 2.45) is 12.8 Å². The van der Waals surface area contributed by atoms with Crippen molar-refractivity contribution in [3.8, 4) is 22.3 Å². The summed E-state index contributed by atoms with van der Waals surface area (Å²) in [5, 5.41) is 13.0. The van der Waals surface area contributed by atoms with Crippen LogP contribution in [0.2, 0.25) is 5.15 Å². The van der Waals surface area contributed by atoms with E-state index in [2.05, 4.69) is 15.1 Å². The maximum absolute atomic E-state index is 7.62. The van der Waals surface area contributed by atoms with Gasteiger partial charge in [-0.2, -0.15) is 5.10 Å². The average molecular weight is 363 g/mol. The smallest absolute Gasteiger partial charge is 0.141 e. The zero-order valence-electron chi connectivity index (χ0n) is 13.9. The number of pyridine rings is 2. The van der Waals surface area contributed by atoms with Crippen molar-refractivity contribution in [2.75, 3.05) is 0 Å². The molecule has 0 saturated carbocycles. The van der Waals surface area contributed by atoms with Gasteiger partial charge in [0.15, 0.2) is 0 Å². The number of amidine groups is 1. The summed E-state index contributed by atoms with van der Waals surface area (Å²) in [4.78, 5) is 8.78. The molecule has 0 radical (unpaired) electrons. The van der Waals surface area contributed by atoms with Crippen molar-refractivity contribution >= 4 is 28.3 Å². The molecule has 0 aliphatic carbocycles. The van der Waals surface area contributed by atoms with Crippen LogP contribution in [-0.4, -0.2) is 25.6 Å². The molecule has 0 unspecified atom stereocenters. The molecule has 0 fully saturated rings. The van der Waals surface area contributed by atoms with Gasteiger partial charge in [-0.25, -0.2) is 9.97 Å². The summed E-state index contributed by atoms with van der Waals surface area (Å²) in [5.74, 6) is -0.0855. The average Bonchev–Trinajstić information content (AvgIpc) is 3.08. The number of nitrogens with one attached hydrogen (secondary N) is 1. The minimum absolute atomic E-state index is 0.0855. The molecule has 3 aromatic heterocycles. The van der Waals surface area contributed by atoms with Crippen molar-refractivity contribution in [3.63, 3.8) is 0 Å². The van der Waals surface area contributed by atoms with Gasteiger partial charge in [-0.1, -0.05) is 35.9 Å². The third-order valence-electron chi connectivity index (χ3n) is 4.17. The number of hydrogen-bond acceptors (Lipinski definition) is 4. The van der Waals surface area contributed by atoms with Gasteiger partial charge in [0, 0.05) is 36.0 Å². The van der Waals surface area contributed by atoms with Crippen molar-refractivity contribution in [1.82, 2.24) is 19.7 Å². The fourth-order valence-electron chi connectivity index (χ4n) is 2.87. The lowest BCUT2D eigenvalue weighted by Gasteiger charge is -2.10. The van der Waals surface area contributed by atoms with E-state index >= 15 is 0 Å². The molecule has 0 amide bonds. The van der Waals surface area contributed by atoms with Crippen LogP contribution in [0.3, 0.4) is 0 Å². The van der Waals surface area contributed by atoms with E-state index in [1.54, 1.807) is 16.9 Å². The highest BCUT2D eigenvalue weighted by Crippen LogP contribution is 2.34. The van der Waals surface area contributed by atoms with Gasteiger partial charge in [0.2, 0.25) is 0 Å². The van der Waals surface area contributed by atoms with Gasteiger partial charge in [0.25, 0.3) is 0 Å². The van der Waals surface area contributed by atoms with Gasteiger partial charge in [-0.15, -0.1) is 0 Å². The Morgan fingerprint density at radius 2 is 1.77 bits per heavy atom. The molecule has 0 atom stereocenters. The zero-order valence-corrected chi connectivity index (χ0v) is 14.7. The minimum Gasteiger partial charge on any atom is -0.382 e. The van der Waals surface area contributed by atoms with E-state index in [0.29, 0.717) is 16.4 Å². The molecule has 26 heavy (non-hydrogen) atoms. The normalized spacial score (nSPS) is 11.0. The molecule has 0 aliphatic rings. The molecule has 0 aliphatic heterocycles. The van der Waals surface area contributed by atoms with Crippen molar-refractivity contribution in [1.29, 1.82) is 5.41 Å². The number of hydrogen-bond donors (Lipinski definition) is 2. The Hall–Kier alpha value is -3.25. The van der Waals surface area contributed by atoms with Gasteiger partial charge in [-0.3, -0.25) is 10.1 Å². The molecule has 0 saturated heterocycles. The molecule has 3 N–H and O–H groups in total. The number of nitrogen functional groups attached to an aromatic ring is 1. The third kappa shape index (κ3) is 2.80. The molecule has 6 nitrogen and oxygen atoms in total. The monoisotopic (exact) mass is 362 g/mol. The Morgan fingerprint density at radius 1 is 1.04 bits per heavy atom. The summed E-state index contributed by atoms with van der Waals surface area (Å²) in [7, 11) is 1.89. The van der Waals surface area contributed by atoms with Gasteiger partial charge >= 0.3 is 0 Å². The standard InChI is InChI=1S/C19H15ClN6/c1-26-10-14(9-24-26)11-2-4-12(5-3-11)16-17-13(8-23-18(16)20)6-7-15(25-17)19(21)22/h2-10H,1H3,(H3,21,22). The predicted molar refractivity (Wildman–Crippen MR) is 103 cm³/mol. The number of halogens is 1. The topological polar surface area (TPSA) is 93.5 Å². The highest BCUT2D eigenvalue weighted by Gasteiger charge is 2.13. The van der Waals surface area contributed by atoms with E-state index in [4.69, 9.17) is 22.7 Å². The Bertz CT molecular complexity index is 1130. The molecular weight excluding hydrogens is 348 g/mol. The van der Waals surface area contributed by atoms with E-state index in [1.165, 1.54) is 0 Å². The fourth-order valence-corrected chi connectivity index (χ4v) is 3.12. The lowest BCUT2D eigenvalue weighted by Crippen LogP contribution is -2.13. The van der Waals surface area contributed by atoms with Crippen LogP contribution in [-0.2, 0) is 7.05 Å². The predicted octanol–water partition coefficient (Wildman–Crippen LogP) is 3.63. The number of aromatic nitrogens is 4. The van der Waals surface area contributed by atoms with E-state index in [9.17, 15) is 0 Å². The van der Waals surface area contributed by atoms with E-state index in [-0.39, 0.29) is 5.84 Å². The first-order chi connectivity index (χ1) is 12.5. The Morgan fingerprint density at radius 3 is 2.42 bits per heavy atom. The lowest BCUT2D eigenvalue weighted by molar-refractivity contribution is 0.768. The fraction of sp³-hybridized carbons (Fsp3) is 0.0526. The van der Waals surface area contributed by atoms with Crippen molar-refractivity contribution in [2.45, 2.75) is 0 Å². The molecule has 3 heterocycles. The number of rotatable bonds is 3. The maximum Gasteiger partial charge on any atom is 0.141 e. The number of nitrogens with two attached hydrogens (primary N) is 1. The zero-order chi connectivity index (χ0) is 18.3. The number of benzene rings is 1. The second-order valence-electron chi connectivity index (χ2n) is 5.95. The van der Waals surface area contributed by atoms with Gasteiger partial charge in [-0.05, 0) is 23.3 Å². The maximum atomic E-state index is 7.62. The molecule has 1 aromatic carbocycles. The van der Waals surface area contributed by atoms with Crippen molar-refractivity contribution in [3.05, 3.63) is 65.8 Å². The summed E-state index contributed by atoms with van der Waals surface area (Å²) in [5.41, 5.74) is 10.4. The van der Waals surface area contributed by atoms with Gasteiger partial charge in [0.05, 0.1) is 11.7 Å². The Labute approximate surface area is 154 Å². The van der Waals surface area contributed by atoms with E-state index in [1.807, 2.05) is 49.8 Å². The molecular formula is C19H15ClN6. The first kappa shape index (κ1) is 16.2. The first-order valence-corrected chi connectivity index (χ1v) is 8.30. The number of nitrogens with zero attached hydrogens (tertiary/aromatic N) is 4. The van der Waals surface area contributed by atoms with E-state index in [0.717, 1.165) is 27.6 Å². The summed E-state index contributed by atoms with van der Waals surface area (Å²) < 4.78 is 1.77.